The molecule has 0 aliphatic heterocycles. The lowest BCUT2D eigenvalue weighted by molar-refractivity contribution is 0.0953. The van der Waals surface area contributed by atoms with Crippen LogP contribution in [-0.4, -0.2) is 40.4 Å². The van der Waals surface area contributed by atoms with Crippen molar-refractivity contribution >= 4 is 16.7 Å². The van der Waals surface area contributed by atoms with E-state index in [2.05, 4.69) is 5.32 Å². The van der Waals surface area contributed by atoms with Gasteiger partial charge in [0.05, 0.1) is 12.7 Å². The summed E-state index contributed by atoms with van der Waals surface area (Å²) in [5.74, 6) is 0.950. The highest BCUT2D eigenvalue weighted by Gasteiger charge is 2.11. The highest BCUT2D eigenvalue weighted by Crippen LogP contribution is 2.22. The maximum atomic E-state index is 11.7. The highest BCUT2D eigenvalue weighted by molar-refractivity contribution is 7.84. The molecular formula is C12H17NO4S. The molecule has 1 aromatic rings. The van der Waals surface area contributed by atoms with Crippen molar-refractivity contribution < 1.29 is 18.8 Å². The molecule has 1 amide bonds. The fourth-order valence-corrected chi connectivity index (χ4v) is 1.97. The Balaban J connectivity index is 2.59. The molecule has 0 heterocycles. The number of phenols is 1. The third-order valence-corrected chi connectivity index (χ3v) is 3.69. The maximum absolute atomic E-state index is 11.7. The molecule has 1 aromatic carbocycles. The molecule has 1 unspecified atom stereocenters. The molecule has 5 nitrogen and oxygen atoms in total. The zero-order valence-electron chi connectivity index (χ0n) is 10.4. The molecule has 0 radical (unpaired) electrons. The van der Waals surface area contributed by atoms with Crippen molar-refractivity contribution in [3.05, 3.63) is 23.8 Å². The zero-order chi connectivity index (χ0) is 13.5. The van der Waals surface area contributed by atoms with Gasteiger partial charge < -0.3 is 15.2 Å². The summed E-state index contributed by atoms with van der Waals surface area (Å²) in [4.78, 5) is 11.7. The van der Waals surface area contributed by atoms with Crippen LogP contribution < -0.4 is 10.1 Å². The normalized spacial score (nSPS) is 11.9. The van der Waals surface area contributed by atoms with Crippen LogP contribution in [0.3, 0.4) is 0 Å². The first kappa shape index (κ1) is 14.5. The number of aromatic hydroxyl groups is 1. The number of ether oxygens (including phenoxy) is 1. The van der Waals surface area contributed by atoms with Gasteiger partial charge in [-0.25, -0.2) is 0 Å². The van der Waals surface area contributed by atoms with Crippen LogP contribution in [0.4, 0.5) is 0 Å². The van der Waals surface area contributed by atoms with E-state index in [-0.39, 0.29) is 17.2 Å². The molecule has 0 spiro atoms. The Labute approximate surface area is 109 Å². The Morgan fingerprint density at radius 3 is 2.78 bits per heavy atom. The molecule has 0 bridgehead atoms. The molecular weight excluding hydrogens is 254 g/mol. The van der Waals surface area contributed by atoms with E-state index in [1.807, 2.05) is 6.92 Å². The van der Waals surface area contributed by atoms with Crippen molar-refractivity contribution in [3.8, 4) is 11.5 Å². The minimum Gasteiger partial charge on any atom is -0.507 e. The van der Waals surface area contributed by atoms with Gasteiger partial charge in [0, 0.05) is 34.9 Å². The summed E-state index contributed by atoms with van der Waals surface area (Å²) in [5, 5.41) is 12.3. The van der Waals surface area contributed by atoms with E-state index in [1.165, 1.54) is 19.2 Å². The molecule has 6 heteroatoms. The van der Waals surface area contributed by atoms with Crippen LogP contribution in [0, 0.1) is 0 Å². The minimum atomic E-state index is -0.907. The number of rotatable bonds is 6. The van der Waals surface area contributed by atoms with Gasteiger partial charge in [-0.1, -0.05) is 6.92 Å². The van der Waals surface area contributed by atoms with Crippen molar-refractivity contribution in [1.82, 2.24) is 5.32 Å². The van der Waals surface area contributed by atoms with Gasteiger partial charge in [-0.15, -0.1) is 0 Å². The predicted molar refractivity (Wildman–Crippen MR) is 70.5 cm³/mol. The van der Waals surface area contributed by atoms with Gasteiger partial charge >= 0.3 is 0 Å². The van der Waals surface area contributed by atoms with E-state index < -0.39 is 10.8 Å². The summed E-state index contributed by atoms with van der Waals surface area (Å²) in [5.41, 5.74) is 0.179. The van der Waals surface area contributed by atoms with Crippen LogP contribution in [0.1, 0.15) is 17.3 Å². The first-order valence-corrected chi connectivity index (χ1v) is 7.07. The van der Waals surface area contributed by atoms with E-state index in [0.29, 0.717) is 23.8 Å². The van der Waals surface area contributed by atoms with Crippen molar-refractivity contribution in [2.45, 2.75) is 6.92 Å². The smallest absolute Gasteiger partial charge is 0.255 e. The van der Waals surface area contributed by atoms with Crippen molar-refractivity contribution in [3.63, 3.8) is 0 Å². The van der Waals surface area contributed by atoms with E-state index in [4.69, 9.17) is 4.74 Å². The van der Waals surface area contributed by atoms with Crippen LogP contribution in [0.25, 0.3) is 0 Å². The summed E-state index contributed by atoms with van der Waals surface area (Å²) in [6, 6.07) is 4.46. The second-order valence-electron chi connectivity index (χ2n) is 3.57. The molecule has 1 atom stereocenters. The lowest BCUT2D eigenvalue weighted by atomic mass is 10.2. The van der Waals surface area contributed by atoms with Gasteiger partial charge in [-0.3, -0.25) is 9.00 Å². The number of phenolic OH excluding ortho intramolecular Hbond substituents is 1. The highest BCUT2D eigenvalue weighted by atomic mass is 32.2. The molecule has 0 aliphatic carbocycles. The topological polar surface area (TPSA) is 75.6 Å². The van der Waals surface area contributed by atoms with Gasteiger partial charge in [0.2, 0.25) is 0 Å². The fourth-order valence-electron chi connectivity index (χ4n) is 1.35. The number of amides is 1. The first-order valence-electron chi connectivity index (χ1n) is 5.58. The third-order valence-electron chi connectivity index (χ3n) is 2.39. The molecule has 1 rings (SSSR count). The summed E-state index contributed by atoms with van der Waals surface area (Å²) in [6.07, 6.45) is 0. The van der Waals surface area contributed by atoms with E-state index >= 15 is 0 Å². The predicted octanol–water partition coefficient (Wildman–Crippen LogP) is 0.899. The second kappa shape index (κ2) is 7.00. The van der Waals surface area contributed by atoms with Crippen LogP contribution in [0.15, 0.2) is 18.2 Å². The molecule has 2 N–H and O–H groups in total. The summed E-state index contributed by atoms with van der Waals surface area (Å²) >= 11 is 0. The Kier molecular flexibility index (Phi) is 5.64. The monoisotopic (exact) mass is 271 g/mol. The fraction of sp³-hybridized carbons (Fsp3) is 0.417. The van der Waals surface area contributed by atoms with Gasteiger partial charge in [-0.05, 0) is 12.1 Å². The van der Waals surface area contributed by atoms with Crippen molar-refractivity contribution in [2.24, 2.45) is 0 Å². The van der Waals surface area contributed by atoms with Crippen LogP contribution >= 0.6 is 0 Å². The van der Waals surface area contributed by atoms with E-state index in [1.54, 1.807) is 6.07 Å². The van der Waals surface area contributed by atoms with E-state index in [9.17, 15) is 14.1 Å². The third kappa shape index (κ3) is 4.03. The Morgan fingerprint density at radius 1 is 1.50 bits per heavy atom. The molecule has 0 aliphatic rings. The van der Waals surface area contributed by atoms with Crippen molar-refractivity contribution in [2.75, 3.05) is 25.2 Å². The molecule has 18 heavy (non-hydrogen) atoms. The van der Waals surface area contributed by atoms with Gasteiger partial charge in [-0.2, -0.15) is 0 Å². The largest absolute Gasteiger partial charge is 0.507 e. The number of hydrogen-bond acceptors (Lipinski definition) is 4. The van der Waals surface area contributed by atoms with Crippen LogP contribution in [-0.2, 0) is 10.8 Å². The zero-order valence-corrected chi connectivity index (χ0v) is 11.3. The van der Waals surface area contributed by atoms with Gasteiger partial charge in [0.25, 0.3) is 5.91 Å². The average Bonchev–Trinajstić information content (AvgIpc) is 2.37. The SMILES string of the molecule is CCS(=O)CCNC(=O)c1ccc(OC)cc1O. The standard InChI is InChI=1S/C12H17NO4S/c1-3-18(16)7-6-13-12(15)10-5-4-9(17-2)8-11(10)14/h4-5,8,14H,3,6-7H2,1-2H3,(H,13,15). The van der Waals surface area contributed by atoms with Crippen molar-refractivity contribution in [1.29, 1.82) is 0 Å². The van der Waals surface area contributed by atoms with Gasteiger partial charge in [0.1, 0.15) is 11.5 Å². The lowest BCUT2D eigenvalue weighted by Gasteiger charge is -2.07. The van der Waals surface area contributed by atoms with E-state index in [0.717, 1.165) is 0 Å². The molecule has 0 aromatic heterocycles. The van der Waals surface area contributed by atoms with Gasteiger partial charge in [0.15, 0.2) is 0 Å². The maximum Gasteiger partial charge on any atom is 0.255 e. The molecule has 100 valence electrons. The first-order chi connectivity index (χ1) is 8.58. The Morgan fingerprint density at radius 2 is 2.22 bits per heavy atom. The summed E-state index contributed by atoms with van der Waals surface area (Å²) < 4.78 is 16.1. The lowest BCUT2D eigenvalue weighted by Crippen LogP contribution is -2.28. The number of nitrogens with one attached hydrogen (secondary N) is 1. The average molecular weight is 271 g/mol. The van der Waals surface area contributed by atoms with Crippen LogP contribution in [0.2, 0.25) is 0 Å². The second-order valence-corrected chi connectivity index (χ2v) is 5.44. The Bertz CT molecular complexity index is 448. The summed E-state index contributed by atoms with van der Waals surface area (Å²) in [6.45, 7) is 2.15. The number of methoxy groups -OCH3 is 1. The Hall–Kier alpha value is -1.56. The number of benzene rings is 1. The quantitative estimate of drug-likeness (QED) is 0.806. The molecule has 0 saturated heterocycles. The minimum absolute atomic E-state index is 0.136. The summed E-state index contributed by atoms with van der Waals surface area (Å²) in [7, 11) is 0.573. The molecule has 0 saturated carbocycles. The molecule has 0 fully saturated rings. The number of carbonyl (C=O) groups excluding carboxylic acids is 1. The van der Waals surface area contributed by atoms with Crippen LogP contribution in [0.5, 0.6) is 11.5 Å². The number of carbonyl (C=O) groups is 1. The number of hydrogen-bond donors (Lipinski definition) is 2.